The van der Waals surface area contributed by atoms with E-state index >= 15 is 0 Å². The van der Waals surface area contributed by atoms with Crippen molar-refractivity contribution in [3.63, 3.8) is 0 Å². The molecule has 0 aliphatic carbocycles. The first-order valence-corrected chi connectivity index (χ1v) is 5.89. The van der Waals surface area contributed by atoms with Crippen LogP contribution in [-0.2, 0) is 9.47 Å². The molecule has 0 saturated carbocycles. The lowest BCUT2D eigenvalue weighted by Crippen LogP contribution is -2.51. The standard InChI is InChI=1S/C11H21F3N2O2/c1-9-10(2,12)16(6-8-18-4)11(13,14)15(9)5-7-17-3/h9H,5-8H2,1-4H3. The molecule has 1 aliphatic heterocycles. The Balaban J connectivity index is 2.89. The van der Waals surface area contributed by atoms with Crippen molar-refractivity contribution in [1.29, 1.82) is 0 Å². The van der Waals surface area contributed by atoms with Gasteiger partial charge in [-0.25, -0.2) is 9.29 Å². The average molecular weight is 270 g/mol. The molecule has 1 aliphatic rings. The van der Waals surface area contributed by atoms with E-state index in [2.05, 4.69) is 0 Å². The predicted octanol–water partition coefficient (Wildman–Crippen LogP) is 1.52. The fourth-order valence-electron chi connectivity index (χ4n) is 2.21. The van der Waals surface area contributed by atoms with Gasteiger partial charge in [0.15, 0.2) is 5.79 Å². The molecule has 0 aromatic rings. The molecule has 0 bridgehead atoms. The zero-order valence-electron chi connectivity index (χ0n) is 11.3. The van der Waals surface area contributed by atoms with Gasteiger partial charge in [-0.05, 0) is 13.8 Å². The lowest BCUT2D eigenvalue weighted by atomic mass is 10.1. The summed E-state index contributed by atoms with van der Waals surface area (Å²) in [5, 5.41) is 0. The molecular weight excluding hydrogens is 249 g/mol. The quantitative estimate of drug-likeness (QED) is 0.683. The fraction of sp³-hybridized carbons (Fsp3) is 1.00. The topological polar surface area (TPSA) is 24.9 Å². The van der Waals surface area contributed by atoms with Gasteiger partial charge >= 0.3 is 6.17 Å². The Morgan fingerprint density at radius 3 is 2.06 bits per heavy atom. The maximum atomic E-state index is 14.5. The first kappa shape index (κ1) is 15.7. The van der Waals surface area contributed by atoms with Crippen molar-refractivity contribution < 1.29 is 22.6 Å². The summed E-state index contributed by atoms with van der Waals surface area (Å²) >= 11 is 0. The smallest absolute Gasteiger partial charge is 0.372 e. The van der Waals surface area contributed by atoms with Crippen LogP contribution in [0.4, 0.5) is 13.2 Å². The first-order valence-electron chi connectivity index (χ1n) is 5.89. The number of hydrogen-bond acceptors (Lipinski definition) is 4. The number of halogens is 3. The van der Waals surface area contributed by atoms with Gasteiger partial charge in [0.25, 0.3) is 0 Å². The summed E-state index contributed by atoms with van der Waals surface area (Å²) in [6.07, 6.45) is -3.33. The second kappa shape index (κ2) is 5.73. The minimum Gasteiger partial charge on any atom is -0.383 e. The zero-order valence-corrected chi connectivity index (χ0v) is 11.3. The second-order valence-corrected chi connectivity index (χ2v) is 4.54. The third kappa shape index (κ3) is 2.64. The summed E-state index contributed by atoms with van der Waals surface area (Å²) in [4.78, 5) is 1.37. The first-order chi connectivity index (χ1) is 8.30. The van der Waals surface area contributed by atoms with Crippen molar-refractivity contribution in [1.82, 2.24) is 9.80 Å². The van der Waals surface area contributed by atoms with Crippen LogP contribution in [0.15, 0.2) is 0 Å². The van der Waals surface area contributed by atoms with E-state index in [4.69, 9.17) is 9.47 Å². The number of alkyl halides is 3. The summed E-state index contributed by atoms with van der Waals surface area (Å²) in [6.45, 7) is 2.64. The Hall–Kier alpha value is -0.370. The van der Waals surface area contributed by atoms with Crippen LogP contribution in [0.3, 0.4) is 0 Å². The van der Waals surface area contributed by atoms with E-state index in [-0.39, 0.29) is 26.3 Å². The molecule has 0 aromatic carbocycles. The fourth-order valence-corrected chi connectivity index (χ4v) is 2.21. The Morgan fingerprint density at radius 1 is 1.06 bits per heavy atom. The zero-order chi connectivity index (χ0) is 14.0. The van der Waals surface area contributed by atoms with Crippen LogP contribution >= 0.6 is 0 Å². The molecule has 2 unspecified atom stereocenters. The number of methoxy groups -OCH3 is 2. The van der Waals surface area contributed by atoms with E-state index in [1.165, 1.54) is 28.1 Å². The van der Waals surface area contributed by atoms with Gasteiger partial charge in [0.05, 0.1) is 19.3 Å². The maximum absolute atomic E-state index is 14.5. The van der Waals surface area contributed by atoms with Crippen molar-refractivity contribution in [2.24, 2.45) is 0 Å². The predicted molar refractivity (Wildman–Crippen MR) is 61.1 cm³/mol. The molecule has 0 N–H and O–H groups in total. The van der Waals surface area contributed by atoms with Crippen LogP contribution in [0, 0.1) is 0 Å². The van der Waals surface area contributed by atoms with Gasteiger partial charge in [-0.2, -0.15) is 13.7 Å². The van der Waals surface area contributed by atoms with Gasteiger partial charge in [0.1, 0.15) is 0 Å². The average Bonchev–Trinajstić information content (AvgIpc) is 2.40. The van der Waals surface area contributed by atoms with Gasteiger partial charge in [0, 0.05) is 27.3 Å². The molecule has 7 heteroatoms. The summed E-state index contributed by atoms with van der Waals surface area (Å²) < 4.78 is 52.4. The van der Waals surface area contributed by atoms with Gasteiger partial charge in [-0.1, -0.05) is 0 Å². The number of rotatable bonds is 6. The summed E-state index contributed by atoms with van der Waals surface area (Å²) in [6, 6.07) is -0.917. The largest absolute Gasteiger partial charge is 0.383 e. The highest BCUT2D eigenvalue weighted by molar-refractivity contribution is 4.99. The van der Waals surface area contributed by atoms with Crippen LogP contribution in [0.1, 0.15) is 13.8 Å². The summed E-state index contributed by atoms with van der Waals surface area (Å²) in [5.41, 5.74) is 0. The van der Waals surface area contributed by atoms with Crippen LogP contribution in [0.2, 0.25) is 0 Å². The molecule has 1 rings (SSSR count). The molecule has 0 amide bonds. The van der Waals surface area contributed by atoms with Gasteiger partial charge in [0.2, 0.25) is 0 Å². The van der Waals surface area contributed by atoms with E-state index in [1.807, 2.05) is 0 Å². The SMILES string of the molecule is COCCN1C(C)C(C)(F)N(CCOC)C1(F)F. The molecule has 18 heavy (non-hydrogen) atoms. The summed E-state index contributed by atoms with van der Waals surface area (Å²) in [5.74, 6) is -2.10. The minimum absolute atomic E-state index is 0.0202. The molecule has 0 spiro atoms. The second-order valence-electron chi connectivity index (χ2n) is 4.54. The monoisotopic (exact) mass is 270 g/mol. The van der Waals surface area contributed by atoms with Crippen molar-refractivity contribution in [2.45, 2.75) is 31.9 Å². The Bertz CT molecular complexity index is 277. The molecule has 2 atom stereocenters. The Morgan fingerprint density at radius 2 is 1.56 bits per heavy atom. The Labute approximate surface area is 106 Å². The van der Waals surface area contributed by atoms with E-state index in [1.54, 1.807) is 0 Å². The lowest BCUT2D eigenvalue weighted by molar-refractivity contribution is -0.238. The highest BCUT2D eigenvalue weighted by Gasteiger charge is 2.64. The molecule has 1 heterocycles. The third-order valence-electron chi connectivity index (χ3n) is 3.48. The molecule has 1 fully saturated rings. The van der Waals surface area contributed by atoms with Gasteiger partial charge in [-0.15, -0.1) is 0 Å². The Kier molecular flexibility index (Phi) is 4.99. The molecule has 0 aromatic heterocycles. The molecular formula is C11H21F3N2O2. The van der Waals surface area contributed by atoms with Crippen molar-refractivity contribution in [2.75, 3.05) is 40.5 Å². The minimum atomic E-state index is -3.33. The van der Waals surface area contributed by atoms with Gasteiger partial charge in [-0.3, -0.25) is 0 Å². The van der Waals surface area contributed by atoms with E-state index in [0.29, 0.717) is 4.90 Å². The molecule has 0 radical (unpaired) electrons. The van der Waals surface area contributed by atoms with Crippen molar-refractivity contribution in [3.8, 4) is 0 Å². The lowest BCUT2D eigenvalue weighted by Gasteiger charge is -2.31. The summed E-state index contributed by atoms with van der Waals surface area (Å²) in [7, 11) is 2.83. The van der Waals surface area contributed by atoms with Crippen LogP contribution < -0.4 is 0 Å². The molecule has 4 nitrogen and oxygen atoms in total. The normalized spacial score (nSPS) is 33.2. The van der Waals surface area contributed by atoms with Gasteiger partial charge < -0.3 is 9.47 Å². The van der Waals surface area contributed by atoms with E-state index in [0.717, 1.165) is 4.90 Å². The van der Waals surface area contributed by atoms with Crippen LogP contribution in [-0.4, -0.2) is 68.3 Å². The maximum Gasteiger partial charge on any atom is 0.372 e. The van der Waals surface area contributed by atoms with E-state index < -0.39 is 18.0 Å². The molecule has 1 saturated heterocycles. The van der Waals surface area contributed by atoms with Crippen molar-refractivity contribution in [3.05, 3.63) is 0 Å². The molecule has 108 valence electrons. The number of hydrogen-bond donors (Lipinski definition) is 0. The highest BCUT2D eigenvalue weighted by atomic mass is 19.3. The van der Waals surface area contributed by atoms with Crippen molar-refractivity contribution >= 4 is 0 Å². The number of nitrogens with zero attached hydrogens (tertiary/aromatic N) is 2. The van der Waals surface area contributed by atoms with E-state index in [9.17, 15) is 13.2 Å². The third-order valence-corrected chi connectivity index (χ3v) is 3.48. The highest BCUT2D eigenvalue weighted by Crippen LogP contribution is 2.44. The number of ether oxygens (including phenoxy) is 2. The van der Waals surface area contributed by atoms with Crippen LogP contribution in [0.5, 0.6) is 0 Å². The van der Waals surface area contributed by atoms with Crippen LogP contribution in [0.25, 0.3) is 0 Å².